The number of carbonyl (C=O) groups excluding carboxylic acids is 2. The van der Waals surface area contributed by atoms with Crippen LogP contribution in [0, 0.1) is 6.92 Å². The third kappa shape index (κ3) is 8.19. The summed E-state index contributed by atoms with van der Waals surface area (Å²) in [6.07, 6.45) is 0.735. The van der Waals surface area contributed by atoms with Crippen LogP contribution < -0.4 is 23.8 Å². The van der Waals surface area contributed by atoms with Gasteiger partial charge in [-0.05, 0) is 74.7 Å². The van der Waals surface area contributed by atoms with E-state index in [0.29, 0.717) is 24.7 Å². The summed E-state index contributed by atoms with van der Waals surface area (Å²) in [7, 11) is -1.43. The van der Waals surface area contributed by atoms with E-state index in [1.165, 1.54) is 37.3 Å². The first-order chi connectivity index (χ1) is 20.6. The van der Waals surface area contributed by atoms with Gasteiger partial charge >= 0.3 is 0 Å². The number of hydrogen-bond acceptors (Lipinski definition) is 7. The van der Waals surface area contributed by atoms with Crippen LogP contribution in [0.2, 0.25) is 0 Å². The van der Waals surface area contributed by atoms with E-state index in [0.717, 1.165) is 21.9 Å². The molecule has 0 fully saturated rings. The van der Waals surface area contributed by atoms with Crippen LogP contribution in [-0.4, -0.2) is 65.1 Å². The van der Waals surface area contributed by atoms with Crippen molar-refractivity contribution in [3.63, 3.8) is 0 Å². The van der Waals surface area contributed by atoms with Crippen molar-refractivity contribution in [1.29, 1.82) is 0 Å². The Hall–Kier alpha value is -4.25. The van der Waals surface area contributed by atoms with Crippen LogP contribution in [0.3, 0.4) is 0 Å². The molecule has 11 heteroatoms. The topological polar surface area (TPSA) is 114 Å². The van der Waals surface area contributed by atoms with Crippen LogP contribution >= 0.6 is 0 Å². The van der Waals surface area contributed by atoms with Crippen molar-refractivity contribution in [1.82, 2.24) is 10.2 Å². The zero-order valence-corrected chi connectivity index (χ0v) is 26.4. The Bertz CT molecular complexity index is 1490. The van der Waals surface area contributed by atoms with E-state index in [-0.39, 0.29) is 28.8 Å². The van der Waals surface area contributed by atoms with E-state index in [9.17, 15) is 18.0 Å². The Labute approximate surface area is 254 Å². The van der Waals surface area contributed by atoms with E-state index in [1.807, 2.05) is 45.0 Å². The maximum absolute atomic E-state index is 14.2. The van der Waals surface area contributed by atoms with Crippen molar-refractivity contribution in [2.45, 2.75) is 51.6 Å². The fourth-order valence-electron chi connectivity index (χ4n) is 4.46. The van der Waals surface area contributed by atoms with Gasteiger partial charge in [0.2, 0.25) is 11.8 Å². The number of aryl methyl sites for hydroxylation is 1. The Kier molecular flexibility index (Phi) is 11.8. The lowest BCUT2D eigenvalue weighted by Crippen LogP contribution is -2.51. The largest absolute Gasteiger partial charge is 0.494 e. The molecule has 3 aromatic carbocycles. The number of hydrogen-bond donors (Lipinski definition) is 1. The molecule has 0 saturated heterocycles. The monoisotopic (exact) mass is 611 g/mol. The highest BCUT2D eigenvalue weighted by Gasteiger charge is 2.33. The molecule has 3 rings (SSSR count). The lowest BCUT2D eigenvalue weighted by atomic mass is 10.1. The van der Waals surface area contributed by atoms with Crippen molar-refractivity contribution in [2.75, 3.05) is 38.2 Å². The number of ether oxygens (including phenoxy) is 3. The summed E-state index contributed by atoms with van der Waals surface area (Å²) in [6.45, 7) is 7.83. The summed E-state index contributed by atoms with van der Waals surface area (Å²) in [5.41, 5.74) is 2.05. The van der Waals surface area contributed by atoms with Gasteiger partial charge in [-0.25, -0.2) is 8.42 Å². The van der Waals surface area contributed by atoms with E-state index in [1.54, 1.807) is 31.2 Å². The number of anilines is 1. The predicted molar refractivity (Wildman–Crippen MR) is 166 cm³/mol. The first kappa shape index (κ1) is 33.3. The molecule has 232 valence electrons. The van der Waals surface area contributed by atoms with Gasteiger partial charge in [0, 0.05) is 19.2 Å². The molecule has 0 heterocycles. The zero-order chi connectivity index (χ0) is 31.6. The number of nitrogens with one attached hydrogen (secondary N) is 1. The number of sulfonamides is 1. The average Bonchev–Trinajstić information content (AvgIpc) is 3.01. The van der Waals surface area contributed by atoms with E-state index >= 15 is 0 Å². The normalized spacial score (nSPS) is 11.8. The molecule has 2 amide bonds. The van der Waals surface area contributed by atoms with Crippen LogP contribution in [0.25, 0.3) is 0 Å². The Morgan fingerprint density at radius 1 is 0.930 bits per heavy atom. The zero-order valence-electron chi connectivity index (χ0n) is 25.6. The number of nitrogens with zero attached hydrogens (tertiary/aromatic N) is 2. The minimum absolute atomic E-state index is 0.0916. The van der Waals surface area contributed by atoms with Gasteiger partial charge in [0.05, 0.1) is 31.4 Å². The minimum atomic E-state index is -4.30. The van der Waals surface area contributed by atoms with Crippen molar-refractivity contribution in [2.24, 2.45) is 0 Å². The molecule has 0 aliphatic heterocycles. The molecule has 1 N–H and O–H groups in total. The van der Waals surface area contributed by atoms with Crippen molar-refractivity contribution < 1.29 is 32.2 Å². The predicted octanol–water partition coefficient (Wildman–Crippen LogP) is 4.55. The van der Waals surface area contributed by atoms with Gasteiger partial charge < -0.3 is 24.4 Å². The third-order valence-electron chi connectivity index (χ3n) is 6.98. The quantitative estimate of drug-likeness (QED) is 0.268. The molecule has 0 aliphatic carbocycles. The molecule has 0 saturated carbocycles. The number of methoxy groups -OCH3 is 2. The number of rotatable bonds is 15. The van der Waals surface area contributed by atoms with Crippen molar-refractivity contribution in [3.05, 3.63) is 77.9 Å². The van der Waals surface area contributed by atoms with Crippen LogP contribution in [0.1, 0.15) is 38.3 Å². The second kappa shape index (κ2) is 15.3. The van der Waals surface area contributed by atoms with Crippen molar-refractivity contribution >= 4 is 27.5 Å². The number of benzene rings is 3. The molecular weight excluding hydrogens is 570 g/mol. The molecule has 0 radical (unpaired) electrons. The van der Waals surface area contributed by atoms with Crippen molar-refractivity contribution in [3.8, 4) is 17.2 Å². The first-order valence-electron chi connectivity index (χ1n) is 14.2. The fraction of sp³-hybridized carbons (Fsp3) is 0.375. The Morgan fingerprint density at radius 2 is 1.60 bits per heavy atom. The van der Waals surface area contributed by atoms with E-state index in [2.05, 4.69) is 5.32 Å². The maximum atomic E-state index is 14.2. The van der Waals surface area contributed by atoms with E-state index in [4.69, 9.17) is 14.2 Å². The summed E-state index contributed by atoms with van der Waals surface area (Å²) in [6, 6.07) is 17.4. The van der Waals surface area contributed by atoms with Gasteiger partial charge in [0.1, 0.15) is 18.3 Å². The van der Waals surface area contributed by atoms with E-state index < -0.39 is 28.5 Å². The summed E-state index contributed by atoms with van der Waals surface area (Å²) < 4.78 is 45.5. The third-order valence-corrected chi connectivity index (χ3v) is 8.75. The second-order valence-electron chi connectivity index (χ2n) is 9.87. The minimum Gasteiger partial charge on any atom is -0.494 e. The molecule has 0 aliphatic rings. The lowest BCUT2D eigenvalue weighted by molar-refractivity contribution is -0.139. The van der Waals surface area contributed by atoms with Crippen LogP contribution in [0.4, 0.5) is 5.69 Å². The Balaban J connectivity index is 2.08. The van der Waals surface area contributed by atoms with Gasteiger partial charge in [-0.15, -0.1) is 0 Å². The summed E-state index contributed by atoms with van der Waals surface area (Å²) in [5, 5.41) is 2.85. The second-order valence-corrected chi connectivity index (χ2v) is 11.7. The first-order valence-corrected chi connectivity index (χ1v) is 15.6. The molecule has 3 aromatic rings. The summed E-state index contributed by atoms with van der Waals surface area (Å²) >= 11 is 0. The van der Waals surface area contributed by atoms with Gasteiger partial charge in [-0.2, -0.15) is 0 Å². The molecule has 0 spiro atoms. The highest BCUT2D eigenvalue weighted by Crippen LogP contribution is 2.33. The molecule has 1 atom stereocenters. The van der Waals surface area contributed by atoms with Gasteiger partial charge in [-0.3, -0.25) is 13.9 Å². The van der Waals surface area contributed by atoms with Gasteiger partial charge in [0.15, 0.2) is 11.5 Å². The average molecular weight is 612 g/mol. The summed E-state index contributed by atoms with van der Waals surface area (Å²) in [4.78, 5) is 28.5. The molecule has 0 bridgehead atoms. The number of amides is 2. The SMILES string of the molecule is CCCNC(=O)C(C)N(Cc1ccccc1C)C(=O)CN(c1ccc(OCC)cc1)S(=O)(=O)c1ccc(OC)c(OC)c1. The Morgan fingerprint density at radius 3 is 2.21 bits per heavy atom. The number of carbonyl (C=O) groups is 2. The molecule has 1 unspecified atom stereocenters. The molecular formula is C32H41N3O7S. The van der Waals surface area contributed by atoms with Gasteiger partial charge in [-0.1, -0.05) is 31.2 Å². The lowest BCUT2D eigenvalue weighted by Gasteiger charge is -2.32. The fourth-order valence-corrected chi connectivity index (χ4v) is 5.89. The van der Waals surface area contributed by atoms with Gasteiger partial charge in [0.25, 0.3) is 10.0 Å². The molecule has 0 aromatic heterocycles. The standard InChI is InChI=1S/C32H41N3O7S/c1-7-19-33-32(37)24(4)34(21-25-12-10-9-11-23(25)3)31(36)22-35(26-13-15-27(16-14-26)42-8-2)43(38,39)28-17-18-29(40-5)30(20-28)41-6/h9-18,20,24H,7-8,19,21-22H2,1-6H3,(H,33,37). The highest BCUT2D eigenvalue weighted by molar-refractivity contribution is 7.92. The smallest absolute Gasteiger partial charge is 0.264 e. The molecule has 43 heavy (non-hydrogen) atoms. The maximum Gasteiger partial charge on any atom is 0.264 e. The highest BCUT2D eigenvalue weighted by atomic mass is 32.2. The summed E-state index contributed by atoms with van der Waals surface area (Å²) in [5.74, 6) is 0.285. The van der Waals surface area contributed by atoms with Crippen LogP contribution in [0.15, 0.2) is 71.6 Å². The van der Waals surface area contributed by atoms with Crippen LogP contribution in [-0.2, 0) is 26.2 Å². The van der Waals surface area contributed by atoms with Crippen LogP contribution in [0.5, 0.6) is 17.2 Å². The molecule has 10 nitrogen and oxygen atoms in total.